The van der Waals surface area contributed by atoms with E-state index < -0.39 is 18.3 Å². The Balaban J connectivity index is 2.63. The number of carbonyl (C=O) groups excluding carboxylic acids is 1. The maximum atomic E-state index is 12.6. The highest BCUT2D eigenvalue weighted by atomic mass is 19.1. The smallest absolute Gasteiger partial charge is 0.249 e. The molecule has 0 atom stereocenters. The highest BCUT2D eigenvalue weighted by molar-refractivity contribution is 5.92. The molecule has 1 rings (SSSR count). The zero-order chi connectivity index (χ0) is 9.68. The molecular formula is C8H7FN2O2. The van der Waals surface area contributed by atoms with E-state index in [1.54, 1.807) is 0 Å². The number of anilines is 1. The molecule has 0 aliphatic rings. The second-order valence-electron chi connectivity index (χ2n) is 2.35. The van der Waals surface area contributed by atoms with Crippen LogP contribution in [0.1, 0.15) is 0 Å². The highest BCUT2D eigenvalue weighted by Crippen LogP contribution is 2.08. The number of nitroso groups, excluding NO2 is 1. The number of halogens is 1. The number of hydrogen-bond donors (Lipinski definition) is 1. The number of benzene rings is 1. The second kappa shape index (κ2) is 4.30. The molecule has 0 spiro atoms. The molecular weight excluding hydrogens is 175 g/mol. The molecule has 0 fully saturated rings. The maximum Gasteiger partial charge on any atom is 0.249 e. The van der Waals surface area contributed by atoms with Crippen molar-refractivity contribution in [2.45, 2.75) is 0 Å². The quantitative estimate of drug-likeness (QED) is 0.720. The van der Waals surface area contributed by atoms with Crippen molar-refractivity contribution in [3.63, 3.8) is 0 Å². The Morgan fingerprint density at radius 3 is 2.92 bits per heavy atom. The summed E-state index contributed by atoms with van der Waals surface area (Å²) >= 11 is 0. The molecule has 0 unspecified atom stereocenters. The Labute approximate surface area is 73.7 Å². The van der Waals surface area contributed by atoms with Crippen LogP contribution in [0.2, 0.25) is 0 Å². The van der Waals surface area contributed by atoms with Crippen LogP contribution in [0.25, 0.3) is 0 Å². The lowest BCUT2D eigenvalue weighted by Gasteiger charge is -2.01. The van der Waals surface area contributed by atoms with Crippen LogP contribution in [0.15, 0.2) is 29.4 Å². The first-order valence-electron chi connectivity index (χ1n) is 3.57. The van der Waals surface area contributed by atoms with Gasteiger partial charge in [0.1, 0.15) is 5.82 Å². The predicted molar refractivity (Wildman–Crippen MR) is 45.7 cm³/mol. The van der Waals surface area contributed by atoms with Crippen molar-refractivity contribution in [2.75, 3.05) is 11.9 Å². The van der Waals surface area contributed by atoms with Crippen LogP contribution in [0.4, 0.5) is 10.1 Å². The fourth-order valence-corrected chi connectivity index (χ4v) is 0.825. The first-order chi connectivity index (χ1) is 6.22. The van der Waals surface area contributed by atoms with Gasteiger partial charge in [0.15, 0.2) is 6.54 Å². The summed E-state index contributed by atoms with van der Waals surface area (Å²) in [7, 11) is 0. The fourth-order valence-electron chi connectivity index (χ4n) is 0.825. The Hall–Kier alpha value is -1.78. The van der Waals surface area contributed by atoms with Crippen molar-refractivity contribution in [1.82, 2.24) is 0 Å². The molecule has 1 aromatic carbocycles. The van der Waals surface area contributed by atoms with E-state index >= 15 is 0 Å². The zero-order valence-electron chi connectivity index (χ0n) is 6.66. The molecule has 0 aromatic heterocycles. The molecule has 0 radical (unpaired) electrons. The van der Waals surface area contributed by atoms with Gasteiger partial charge in [-0.2, -0.15) is 4.91 Å². The molecule has 0 aliphatic carbocycles. The summed E-state index contributed by atoms with van der Waals surface area (Å²) < 4.78 is 12.6. The van der Waals surface area contributed by atoms with E-state index in [0.29, 0.717) is 5.69 Å². The van der Waals surface area contributed by atoms with Crippen molar-refractivity contribution in [3.8, 4) is 0 Å². The van der Waals surface area contributed by atoms with Gasteiger partial charge in [0, 0.05) is 5.69 Å². The molecule has 1 amide bonds. The van der Waals surface area contributed by atoms with E-state index in [0.717, 1.165) is 6.07 Å². The fraction of sp³-hybridized carbons (Fsp3) is 0.125. The summed E-state index contributed by atoms with van der Waals surface area (Å²) in [5.74, 6) is -1.00. The maximum absolute atomic E-state index is 12.6. The van der Waals surface area contributed by atoms with Gasteiger partial charge in [-0.1, -0.05) is 11.2 Å². The van der Waals surface area contributed by atoms with E-state index in [1.807, 2.05) is 0 Å². The summed E-state index contributed by atoms with van der Waals surface area (Å²) in [5, 5.41) is 4.71. The van der Waals surface area contributed by atoms with Crippen molar-refractivity contribution in [2.24, 2.45) is 5.18 Å². The first-order valence-corrected chi connectivity index (χ1v) is 3.57. The molecule has 68 valence electrons. The van der Waals surface area contributed by atoms with Gasteiger partial charge in [0.25, 0.3) is 0 Å². The van der Waals surface area contributed by atoms with Crippen LogP contribution >= 0.6 is 0 Å². The summed E-state index contributed by atoms with van der Waals surface area (Å²) in [6.45, 7) is -0.462. The standard InChI is InChI=1S/C8H7FN2O2/c9-6-2-1-3-7(4-6)11-8(12)5-10-13/h1-4H,5H2,(H,11,12). The topological polar surface area (TPSA) is 58.5 Å². The number of nitrogens with zero attached hydrogens (tertiary/aromatic N) is 1. The lowest BCUT2D eigenvalue weighted by molar-refractivity contribution is -0.114. The van der Waals surface area contributed by atoms with Gasteiger partial charge < -0.3 is 5.32 Å². The van der Waals surface area contributed by atoms with E-state index in [1.165, 1.54) is 18.2 Å². The van der Waals surface area contributed by atoms with Crippen molar-refractivity contribution >= 4 is 11.6 Å². The number of amides is 1. The average molecular weight is 182 g/mol. The normalized spacial score (nSPS) is 9.31. The molecule has 0 saturated heterocycles. The van der Waals surface area contributed by atoms with Gasteiger partial charge in [-0.15, -0.1) is 0 Å². The van der Waals surface area contributed by atoms with Crippen LogP contribution in [-0.2, 0) is 4.79 Å². The van der Waals surface area contributed by atoms with E-state index in [-0.39, 0.29) is 0 Å². The number of rotatable bonds is 3. The minimum atomic E-state index is -0.555. The van der Waals surface area contributed by atoms with Crippen LogP contribution < -0.4 is 5.32 Å². The summed E-state index contributed by atoms with van der Waals surface area (Å²) in [4.78, 5) is 20.5. The summed E-state index contributed by atoms with van der Waals surface area (Å²) in [5.41, 5.74) is 0.314. The van der Waals surface area contributed by atoms with Gasteiger partial charge in [0.2, 0.25) is 5.91 Å². The molecule has 4 nitrogen and oxygen atoms in total. The first kappa shape index (κ1) is 9.31. The Kier molecular flexibility index (Phi) is 3.08. The molecule has 5 heteroatoms. The van der Waals surface area contributed by atoms with Crippen molar-refractivity contribution in [1.29, 1.82) is 0 Å². The van der Waals surface area contributed by atoms with Gasteiger partial charge in [-0.3, -0.25) is 4.79 Å². The minimum Gasteiger partial charge on any atom is -0.324 e. The Morgan fingerprint density at radius 1 is 1.54 bits per heavy atom. The van der Waals surface area contributed by atoms with Crippen LogP contribution in [-0.4, -0.2) is 12.5 Å². The van der Waals surface area contributed by atoms with Gasteiger partial charge >= 0.3 is 0 Å². The Morgan fingerprint density at radius 2 is 2.31 bits per heavy atom. The number of nitrogens with one attached hydrogen (secondary N) is 1. The third-order valence-electron chi connectivity index (χ3n) is 1.32. The highest BCUT2D eigenvalue weighted by Gasteiger charge is 2.01. The average Bonchev–Trinajstić information content (AvgIpc) is 2.04. The molecule has 0 saturated carbocycles. The summed E-state index contributed by atoms with van der Waals surface area (Å²) in [6.07, 6.45) is 0. The minimum absolute atomic E-state index is 0.314. The molecule has 0 aliphatic heterocycles. The molecule has 1 aromatic rings. The zero-order valence-corrected chi connectivity index (χ0v) is 6.66. The van der Waals surface area contributed by atoms with Crippen molar-refractivity contribution in [3.05, 3.63) is 35.0 Å². The molecule has 13 heavy (non-hydrogen) atoms. The summed E-state index contributed by atoms with van der Waals surface area (Å²) in [6, 6.07) is 5.39. The number of hydrogen-bond acceptors (Lipinski definition) is 3. The van der Waals surface area contributed by atoms with Gasteiger partial charge in [-0.25, -0.2) is 4.39 Å². The largest absolute Gasteiger partial charge is 0.324 e. The lowest BCUT2D eigenvalue weighted by Crippen LogP contribution is -2.14. The van der Waals surface area contributed by atoms with Crippen molar-refractivity contribution < 1.29 is 9.18 Å². The predicted octanol–water partition coefficient (Wildman–Crippen LogP) is 1.53. The van der Waals surface area contributed by atoms with Crippen LogP contribution in [0, 0.1) is 10.7 Å². The van der Waals surface area contributed by atoms with E-state index in [4.69, 9.17) is 0 Å². The lowest BCUT2D eigenvalue weighted by atomic mass is 10.3. The van der Waals surface area contributed by atoms with E-state index in [9.17, 15) is 14.1 Å². The monoisotopic (exact) mass is 182 g/mol. The second-order valence-corrected chi connectivity index (χ2v) is 2.35. The van der Waals surface area contributed by atoms with E-state index in [2.05, 4.69) is 10.5 Å². The third-order valence-corrected chi connectivity index (χ3v) is 1.32. The number of carbonyl (C=O) groups is 1. The van der Waals surface area contributed by atoms with Crippen LogP contribution in [0.5, 0.6) is 0 Å². The SMILES string of the molecule is O=NCC(=O)Nc1cccc(F)c1. The molecule has 0 bridgehead atoms. The third kappa shape index (κ3) is 2.98. The Bertz CT molecular complexity index is 328. The van der Waals surface area contributed by atoms with Crippen LogP contribution in [0.3, 0.4) is 0 Å². The molecule has 0 heterocycles. The molecule has 1 N–H and O–H groups in total. The van der Waals surface area contributed by atoms with Gasteiger partial charge in [0.05, 0.1) is 0 Å². The van der Waals surface area contributed by atoms with Gasteiger partial charge in [-0.05, 0) is 18.2 Å².